The number of aliphatic imine (C=N–C) groups is 1. The van der Waals surface area contributed by atoms with Crippen LogP contribution in [-0.2, 0) is 16.1 Å². The highest BCUT2D eigenvalue weighted by Crippen LogP contribution is 2.36. The molecule has 152 valence electrons. The molecule has 0 bridgehead atoms. The van der Waals surface area contributed by atoms with Crippen LogP contribution in [0.5, 0.6) is 0 Å². The number of fused-ring (bicyclic) bond motifs is 1. The molecule has 0 aliphatic carbocycles. The fourth-order valence-corrected chi connectivity index (χ4v) is 4.45. The normalized spacial score (nSPS) is 16.9. The summed E-state index contributed by atoms with van der Waals surface area (Å²) in [7, 11) is 1.70. The summed E-state index contributed by atoms with van der Waals surface area (Å²) in [5.41, 5.74) is 4.32. The van der Waals surface area contributed by atoms with Gasteiger partial charge in [-0.1, -0.05) is 35.9 Å². The zero-order chi connectivity index (χ0) is 21.4. The van der Waals surface area contributed by atoms with Crippen LogP contribution in [0.1, 0.15) is 16.8 Å². The van der Waals surface area contributed by atoms with Crippen LogP contribution < -0.4 is 5.11 Å². The summed E-state index contributed by atoms with van der Waals surface area (Å²) in [6.45, 7) is 3.62. The predicted molar refractivity (Wildman–Crippen MR) is 118 cm³/mol. The number of hydrogen-bond donors (Lipinski definition) is 0. The lowest BCUT2D eigenvalue weighted by Gasteiger charge is -2.08. The number of aromatic nitrogens is 1. The average molecular weight is 418 g/mol. The molecule has 2 aromatic carbocycles. The maximum Gasteiger partial charge on any atom is 0.266 e. The van der Waals surface area contributed by atoms with E-state index in [1.54, 1.807) is 11.6 Å². The van der Waals surface area contributed by atoms with Crippen molar-refractivity contribution in [2.45, 2.75) is 20.4 Å². The third-order valence-corrected chi connectivity index (χ3v) is 6.16. The molecule has 4 rings (SSSR count). The number of thioether (sulfide) groups is 1. The highest BCUT2D eigenvalue weighted by molar-refractivity contribution is 8.18. The van der Waals surface area contributed by atoms with Crippen LogP contribution in [0.2, 0.25) is 0 Å². The molecule has 7 heteroatoms. The smallest absolute Gasteiger partial charge is 0.266 e. The molecule has 1 aliphatic heterocycles. The van der Waals surface area contributed by atoms with Crippen molar-refractivity contribution in [2.75, 3.05) is 7.05 Å². The van der Waals surface area contributed by atoms with Gasteiger partial charge in [0.15, 0.2) is 5.17 Å². The lowest BCUT2D eigenvalue weighted by atomic mass is 10.1. The van der Waals surface area contributed by atoms with Crippen molar-refractivity contribution < 1.29 is 14.7 Å². The van der Waals surface area contributed by atoms with Crippen LogP contribution in [0, 0.1) is 13.8 Å². The van der Waals surface area contributed by atoms with E-state index in [1.807, 2.05) is 68.5 Å². The first-order valence-electron chi connectivity index (χ1n) is 9.46. The van der Waals surface area contributed by atoms with Crippen LogP contribution in [-0.4, -0.2) is 33.6 Å². The highest BCUT2D eigenvalue weighted by atomic mass is 32.2. The van der Waals surface area contributed by atoms with E-state index in [4.69, 9.17) is 0 Å². The van der Waals surface area contributed by atoms with Crippen LogP contribution in [0.15, 0.2) is 58.4 Å². The Morgan fingerprint density at radius 3 is 2.53 bits per heavy atom. The summed E-state index contributed by atoms with van der Waals surface area (Å²) in [6, 6.07) is 15.3. The number of hydrogen-bond acceptors (Lipinski definition) is 5. The Balaban J connectivity index is 1.76. The van der Waals surface area contributed by atoms with Crippen LogP contribution in [0.3, 0.4) is 0 Å². The van der Waals surface area contributed by atoms with Gasteiger partial charge in [-0.2, -0.15) is 0 Å². The predicted octanol–water partition coefficient (Wildman–Crippen LogP) is 3.24. The first kappa shape index (κ1) is 20.0. The van der Waals surface area contributed by atoms with Gasteiger partial charge >= 0.3 is 0 Å². The van der Waals surface area contributed by atoms with E-state index >= 15 is 0 Å². The van der Waals surface area contributed by atoms with E-state index in [-0.39, 0.29) is 12.5 Å². The van der Waals surface area contributed by atoms with Crippen molar-refractivity contribution in [1.29, 1.82) is 0 Å². The number of nitrogens with zero attached hydrogens (tertiary/aromatic N) is 3. The summed E-state index contributed by atoms with van der Waals surface area (Å²) in [4.78, 5) is 30.7. The van der Waals surface area contributed by atoms with Crippen LogP contribution in [0.4, 0.5) is 5.69 Å². The number of carboxylic acids is 1. The molecule has 0 atom stereocenters. The third kappa shape index (κ3) is 3.64. The maximum absolute atomic E-state index is 12.8. The van der Waals surface area contributed by atoms with Crippen LogP contribution >= 0.6 is 11.8 Å². The second kappa shape index (κ2) is 7.84. The number of carbonyl (C=O) groups excluding carboxylic acids is 2. The van der Waals surface area contributed by atoms with Crippen LogP contribution in [0.25, 0.3) is 17.0 Å². The molecule has 30 heavy (non-hydrogen) atoms. The number of aliphatic carboxylic acids is 1. The number of aryl methyl sites for hydroxylation is 1. The zero-order valence-corrected chi connectivity index (χ0v) is 17.7. The zero-order valence-electron chi connectivity index (χ0n) is 16.9. The van der Waals surface area contributed by atoms with Gasteiger partial charge in [0.25, 0.3) is 5.91 Å². The van der Waals surface area contributed by atoms with Gasteiger partial charge in [0.05, 0.1) is 23.1 Å². The lowest BCUT2D eigenvalue weighted by molar-refractivity contribution is -0.306. The van der Waals surface area contributed by atoms with Gasteiger partial charge in [-0.05, 0) is 49.9 Å². The van der Waals surface area contributed by atoms with Gasteiger partial charge in [-0.3, -0.25) is 9.69 Å². The number of likely N-dealkylation sites (N-methyl/N-ethyl adjacent to an activating group) is 1. The van der Waals surface area contributed by atoms with Crippen molar-refractivity contribution >= 4 is 51.5 Å². The highest BCUT2D eigenvalue weighted by Gasteiger charge is 2.31. The van der Waals surface area contributed by atoms with Gasteiger partial charge in [-0.15, -0.1) is 0 Å². The lowest BCUT2D eigenvalue weighted by Crippen LogP contribution is -2.27. The third-order valence-electron chi connectivity index (χ3n) is 5.10. The molecule has 1 amide bonds. The van der Waals surface area contributed by atoms with E-state index in [9.17, 15) is 14.7 Å². The first-order chi connectivity index (χ1) is 14.3. The summed E-state index contributed by atoms with van der Waals surface area (Å²) in [6.07, 6.45) is 1.82. The minimum atomic E-state index is -1.16. The molecule has 1 aromatic heterocycles. The van der Waals surface area contributed by atoms with Gasteiger partial charge < -0.3 is 14.5 Å². The number of amidine groups is 1. The minimum absolute atomic E-state index is 0.137. The fourth-order valence-electron chi connectivity index (χ4n) is 3.49. The molecule has 1 saturated heterocycles. The summed E-state index contributed by atoms with van der Waals surface area (Å²) in [5, 5.41) is 12.7. The van der Waals surface area contributed by atoms with E-state index < -0.39 is 5.97 Å². The molecule has 0 radical (unpaired) electrons. The monoisotopic (exact) mass is 418 g/mol. The molecule has 0 spiro atoms. The number of carboxylic acid groups (broad SMARTS) is 1. The Morgan fingerprint density at radius 2 is 1.83 bits per heavy atom. The van der Waals surface area contributed by atoms with E-state index in [1.165, 1.54) is 16.7 Å². The molecule has 1 aliphatic rings. The Labute approximate surface area is 178 Å². The van der Waals surface area contributed by atoms with Crippen molar-refractivity contribution in [3.63, 3.8) is 0 Å². The Bertz CT molecular complexity index is 1220. The standard InChI is InChI=1S/C23H21N3O3S/c1-14-8-10-16(11-9-14)24-23-25(3)22(29)20(30-23)12-18-15(2)26(13-21(27)28)19-7-5-4-6-17(18)19/h4-12H,13H2,1-3H3,(H,27,28)/p-1/b20-12-,24-23?. The number of rotatable bonds is 4. The maximum atomic E-state index is 12.8. The number of benzene rings is 2. The van der Waals surface area contributed by atoms with Crippen molar-refractivity contribution in [2.24, 2.45) is 4.99 Å². The van der Waals surface area contributed by atoms with Crippen molar-refractivity contribution in [1.82, 2.24) is 9.47 Å². The average Bonchev–Trinajstić information content (AvgIpc) is 3.13. The molecule has 3 aromatic rings. The summed E-state index contributed by atoms with van der Waals surface area (Å²) >= 11 is 1.31. The number of carbonyl (C=O) groups is 2. The SMILES string of the molecule is Cc1ccc(N=C2S/C(=C\c3c(C)n(CC(=O)[O-])c4ccccc34)C(=O)N2C)cc1. The quantitative estimate of drug-likeness (QED) is 0.610. The molecule has 2 heterocycles. The molecule has 1 fully saturated rings. The second-order valence-electron chi connectivity index (χ2n) is 7.18. The Kier molecular flexibility index (Phi) is 5.22. The van der Waals surface area contributed by atoms with Gasteiger partial charge in [0.1, 0.15) is 0 Å². The molecular formula is C23H20N3O3S-. The Hall–Kier alpha value is -3.32. The van der Waals surface area contributed by atoms with Crippen molar-refractivity contribution in [3.8, 4) is 0 Å². The number of amides is 1. The Morgan fingerprint density at radius 1 is 1.13 bits per heavy atom. The van der Waals surface area contributed by atoms with Gasteiger partial charge in [-0.25, -0.2) is 4.99 Å². The van der Waals surface area contributed by atoms with Crippen molar-refractivity contribution in [3.05, 3.63) is 70.3 Å². The van der Waals surface area contributed by atoms with Gasteiger partial charge in [0, 0.05) is 29.2 Å². The first-order valence-corrected chi connectivity index (χ1v) is 10.3. The number of para-hydroxylation sites is 1. The van der Waals surface area contributed by atoms with E-state index in [0.29, 0.717) is 10.1 Å². The molecular weight excluding hydrogens is 398 g/mol. The molecule has 0 N–H and O–H groups in total. The van der Waals surface area contributed by atoms with Gasteiger partial charge in [0.2, 0.25) is 0 Å². The molecule has 6 nitrogen and oxygen atoms in total. The van der Waals surface area contributed by atoms with E-state index in [0.717, 1.165) is 33.4 Å². The summed E-state index contributed by atoms with van der Waals surface area (Å²) < 4.78 is 1.70. The largest absolute Gasteiger partial charge is 0.548 e. The molecule has 0 saturated carbocycles. The minimum Gasteiger partial charge on any atom is -0.548 e. The topological polar surface area (TPSA) is 77.7 Å². The second-order valence-corrected chi connectivity index (χ2v) is 8.19. The summed E-state index contributed by atoms with van der Waals surface area (Å²) in [5.74, 6) is -1.29. The molecule has 0 unspecified atom stereocenters. The fraction of sp³-hybridized carbons (Fsp3) is 0.174. The van der Waals surface area contributed by atoms with E-state index in [2.05, 4.69) is 4.99 Å².